The van der Waals surface area contributed by atoms with Gasteiger partial charge >= 0.3 is 11.9 Å². The van der Waals surface area contributed by atoms with Crippen LogP contribution in [0, 0.1) is 0 Å². The van der Waals surface area contributed by atoms with Gasteiger partial charge in [-0.05, 0) is 12.8 Å². The van der Waals surface area contributed by atoms with Crippen molar-refractivity contribution in [2.24, 2.45) is 0 Å². The van der Waals surface area contributed by atoms with Gasteiger partial charge in [-0.3, -0.25) is 9.59 Å². The van der Waals surface area contributed by atoms with Crippen LogP contribution in [0.3, 0.4) is 0 Å². The van der Waals surface area contributed by atoms with Gasteiger partial charge in [0.15, 0.2) is 0 Å². The van der Waals surface area contributed by atoms with Crippen LogP contribution in [0.25, 0.3) is 0 Å². The average Bonchev–Trinajstić information content (AvgIpc) is 2.99. The van der Waals surface area contributed by atoms with Crippen molar-refractivity contribution >= 4 is 11.9 Å². The van der Waals surface area contributed by atoms with Crippen molar-refractivity contribution in [1.82, 2.24) is 0 Å². The lowest BCUT2D eigenvalue weighted by Crippen LogP contribution is -2.11. The van der Waals surface area contributed by atoms with Crippen LogP contribution in [0.5, 0.6) is 0 Å². The average molecular weight is 595 g/mol. The number of esters is 2. The van der Waals surface area contributed by atoms with Gasteiger partial charge in [0.1, 0.15) is 0 Å². The molecule has 0 heterocycles. The molecule has 0 aromatic carbocycles. The molecule has 0 aromatic heterocycles. The predicted molar refractivity (Wildman–Crippen MR) is 181 cm³/mol. The third kappa shape index (κ3) is 35.1. The van der Waals surface area contributed by atoms with E-state index >= 15 is 0 Å². The van der Waals surface area contributed by atoms with Crippen LogP contribution < -0.4 is 0 Å². The zero-order valence-corrected chi connectivity index (χ0v) is 28.7. The Hall–Kier alpha value is -1.06. The summed E-state index contributed by atoms with van der Waals surface area (Å²) in [6.07, 6.45) is 40.0. The van der Waals surface area contributed by atoms with E-state index < -0.39 is 0 Å². The first-order valence-corrected chi connectivity index (χ1v) is 19.0. The summed E-state index contributed by atoms with van der Waals surface area (Å²) < 4.78 is 10.6. The van der Waals surface area contributed by atoms with Crippen molar-refractivity contribution in [3.05, 3.63) is 0 Å². The van der Waals surface area contributed by atoms with Crippen LogP contribution in [0.15, 0.2) is 0 Å². The van der Waals surface area contributed by atoms with Gasteiger partial charge in [-0.2, -0.15) is 0 Å². The molecule has 0 radical (unpaired) electrons. The summed E-state index contributed by atoms with van der Waals surface area (Å²) in [4.78, 5) is 23.8. The van der Waals surface area contributed by atoms with Gasteiger partial charge < -0.3 is 9.47 Å². The number of hydrogen-bond acceptors (Lipinski definition) is 4. The third-order valence-electron chi connectivity index (χ3n) is 8.56. The highest BCUT2D eigenvalue weighted by Gasteiger charge is 2.09. The molecule has 4 nitrogen and oxygen atoms in total. The van der Waals surface area contributed by atoms with Crippen LogP contribution in [0.1, 0.15) is 219 Å². The predicted octanol–water partition coefficient (Wildman–Crippen LogP) is 12.6. The van der Waals surface area contributed by atoms with E-state index in [-0.39, 0.29) is 24.8 Å². The fourth-order valence-corrected chi connectivity index (χ4v) is 5.67. The zero-order chi connectivity index (χ0) is 30.6. The summed E-state index contributed by atoms with van der Waals surface area (Å²) in [6.45, 7) is 5.51. The van der Waals surface area contributed by atoms with Gasteiger partial charge in [0.2, 0.25) is 0 Å². The van der Waals surface area contributed by atoms with Gasteiger partial charge in [-0.1, -0.05) is 194 Å². The van der Waals surface area contributed by atoms with Crippen LogP contribution in [-0.2, 0) is 19.1 Å². The molecule has 0 aliphatic heterocycles. The molecule has 0 aliphatic rings. The van der Waals surface area contributed by atoms with Crippen molar-refractivity contribution in [2.45, 2.75) is 219 Å². The van der Waals surface area contributed by atoms with E-state index in [9.17, 15) is 9.59 Å². The minimum atomic E-state index is -0.274. The Kier molecular flexibility index (Phi) is 35.2. The maximum atomic E-state index is 11.9. The second-order valence-corrected chi connectivity index (χ2v) is 12.8. The number of unbranched alkanes of at least 4 members (excludes halogenated alkanes) is 28. The molecule has 0 bridgehead atoms. The largest absolute Gasteiger partial charge is 0.466 e. The summed E-state index contributed by atoms with van der Waals surface area (Å²) in [5, 5.41) is 0. The normalized spacial score (nSPS) is 11.2. The monoisotopic (exact) mass is 595 g/mol. The molecule has 0 spiro atoms. The maximum Gasteiger partial charge on any atom is 0.306 e. The Morgan fingerprint density at radius 1 is 0.310 bits per heavy atom. The van der Waals surface area contributed by atoms with E-state index in [4.69, 9.17) is 9.47 Å². The second kappa shape index (κ2) is 36.1. The van der Waals surface area contributed by atoms with E-state index in [0.29, 0.717) is 13.2 Å². The summed E-state index contributed by atoms with van der Waals surface area (Å²) in [6, 6.07) is 0. The minimum absolute atomic E-state index is 0.135. The van der Waals surface area contributed by atoms with Crippen LogP contribution in [0.4, 0.5) is 0 Å². The standard InChI is InChI=1S/C38H74O4/c1-3-5-7-9-11-13-15-17-19-20-22-24-26-28-30-32-36-42-38(40)34-33-37(39)41-35-31-29-27-25-23-21-18-16-14-12-10-8-6-4-2/h3-36H2,1-2H3. The third-order valence-corrected chi connectivity index (χ3v) is 8.56. The molecule has 42 heavy (non-hydrogen) atoms. The SMILES string of the molecule is CCCCCCCCCCCCCCCCCCOC(=O)CCC(=O)OCCCCCCCCCCCCCCCC. The van der Waals surface area contributed by atoms with Gasteiger partial charge in [-0.25, -0.2) is 0 Å². The van der Waals surface area contributed by atoms with Crippen LogP contribution in [0.2, 0.25) is 0 Å². The number of carbonyl (C=O) groups is 2. The van der Waals surface area contributed by atoms with Gasteiger partial charge in [0.05, 0.1) is 26.1 Å². The lowest BCUT2D eigenvalue weighted by Gasteiger charge is -2.07. The molecule has 0 aromatic rings. The number of ether oxygens (including phenoxy) is 2. The highest BCUT2D eigenvalue weighted by molar-refractivity contribution is 5.77. The van der Waals surface area contributed by atoms with Gasteiger partial charge in [0, 0.05) is 0 Å². The van der Waals surface area contributed by atoms with Crippen LogP contribution >= 0.6 is 0 Å². The van der Waals surface area contributed by atoms with Crippen molar-refractivity contribution in [1.29, 1.82) is 0 Å². The molecule has 0 saturated heterocycles. The van der Waals surface area contributed by atoms with E-state index in [2.05, 4.69) is 13.8 Å². The summed E-state index contributed by atoms with van der Waals surface area (Å²) in [7, 11) is 0. The number of carbonyl (C=O) groups excluding carboxylic acids is 2. The first-order valence-electron chi connectivity index (χ1n) is 19.0. The number of rotatable bonds is 35. The summed E-state index contributed by atoms with van der Waals surface area (Å²) in [5.74, 6) is -0.548. The maximum absolute atomic E-state index is 11.9. The highest BCUT2D eigenvalue weighted by Crippen LogP contribution is 2.15. The number of hydrogen-bond donors (Lipinski definition) is 0. The zero-order valence-electron chi connectivity index (χ0n) is 28.7. The Morgan fingerprint density at radius 3 is 0.714 bits per heavy atom. The summed E-state index contributed by atoms with van der Waals surface area (Å²) in [5.41, 5.74) is 0. The Labute approximate surface area is 263 Å². The molecule has 4 heteroatoms. The first-order chi connectivity index (χ1) is 20.7. The van der Waals surface area contributed by atoms with Crippen molar-refractivity contribution in [2.75, 3.05) is 13.2 Å². The Morgan fingerprint density at radius 2 is 0.500 bits per heavy atom. The fraction of sp³-hybridized carbons (Fsp3) is 0.947. The Balaban J connectivity index is 3.26. The topological polar surface area (TPSA) is 52.6 Å². The van der Waals surface area contributed by atoms with Crippen molar-refractivity contribution in [3.8, 4) is 0 Å². The quantitative estimate of drug-likeness (QED) is 0.0541. The first kappa shape index (κ1) is 40.9. The lowest BCUT2D eigenvalue weighted by atomic mass is 10.0. The summed E-state index contributed by atoms with van der Waals surface area (Å²) >= 11 is 0. The highest BCUT2D eigenvalue weighted by atomic mass is 16.5. The van der Waals surface area contributed by atoms with Crippen LogP contribution in [-0.4, -0.2) is 25.2 Å². The smallest absolute Gasteiger partial charge is 0.306 e. The van der Waals surface area contributed by atoms with Gasteiger partial charge in [-0.15, -0.1) is 0 Å². The molecule has 0 rings (SSSR count). The molecular formula is C38H74O4. The molecule has 0 N–H and O–H groups in total. The van der Waals surface area contributed by atoms with E-state index in [1.54, 1.807) is 0 Å². The second-order valence-electron chi connectivity index (χ2n) is 12.8. The molecule has 250 valence electrons. The molecular weight excluding hydrogens is 520 g/mol. The minimum Gasteiger partial charge on any atom is -0.466 e. The lowest BCUT2D eigenvalue weighted by molar-refractivity contribution is -0.150. The molecule has 0 saturated carbocycles. The van der Waals surface area contributed by atoms with E-state index in [1.807, 2.05) is 0 Å². The fourth-order valence-electron chi connectivity index (χ4n) is 5.67. The Bertz CT molecular complexity index is 547. The van der Waals surface area contributed by atoms with E-state index in [1.165, 1.54) is 167 Å². The van der Waals surface area contributed by atoms with Crippen molar-refractivity contribution in [3.63, 3.8) is 0 Å². The van der Waals surface area contributed by atoms with E-state index in [0.717, 1.165) is 25.7 Å². The van der Waals surface area contributed by atoms with Crippen molar-refractivity contribution < 1.29 is 19.1 Å². The molecule has 0 unspecified atom stereocenters. The molecule has 0 fully saturated rings. The van der Waals surface area contributed by atoms with Gasteiger partial charge in [0.25, 0.3) is 0 Å². The molecule has 0 aliphatic carbocycles. The molecule has 0 amide bonds. The molecule has 0 atom stereocenters.